The van der Waals surface area contributed by atoms with Gasteiger partial charge < -0.3 is 4.57 Å². The van der Waals surface area contributed by atoms with Crippen molar-refractivity contribution < 1.29 is 0 Å². The maximum Gasteiger partial charge on any atom is 0.160 e. The molecule has 0 spiro atoms. The van der Waals surface area contributed by atoms with Crippen molar-refractivity contribution in [2.45, 2.75) is 0 Å². The van der Waals surface area contributed by atoms with Crippen LogP contribution in [0.25, 0.3) is 127 Å². The van der Waals surface area contributed by atoms with Gasteiger partial charge >= 0.3 is 0 Å². The first-order valence-electron chi connectivity index (χ1n) is 22.9. The molecule has 0 bridgehead atoms. The molecule has 0 aliphatic rings. The van der Waals surface area contributed by atoms with E-state index in [9.17, 15) is 0 Å². The summed E-state index contributed by atoms with van der Waals surface area (Å²) in [6.45, 7) is 0. The minimum Gasteiger partial charge on any atom is -0.309 e. The highest BCUT2D eigenvalue weighted by atomic mass is 15.0. The van der Waals surface area contributed by atoms with Crippen molar-refractivity contribution in [3.05, 3.63) is 249 Å². The molecule has 0 saturated carbocycles. The number of hydrogen-bond donors (Lipinski definition) is 0. The summed E-state index contributed by atoms with van der Waals surface area (Å²) >= 11 is 0. The largest absolute Gasteiger partial charge is 0.309 e. The molecule has 2 aromatic heterocycles. The SMILES string of the molecule is c1ccc(-c2nc(-c3ccc(-c4ccc(-c5ccc(-c6c7ccccc7cc7c6ccc6ccccc67)cc5)cc4)cc3)cc(-c3cccc(-n4c5ccccc5c5ccccc54)c3)n2)cc1. The number of rotatable bonds is 7. The van der Waals surface area contributed by atoms with Gasteiger partial charge in [0.25, 0.3) is 0 Å². The van der Waals surface area contributed by atoms with E-state index in [4.69, 9.17) is 9.97 Å². The Labute approximate surface area is 388 Å². The standard InChI is InChI=1S/C64H41N3/c1-2-14-49(15-3-1)64-65-59(41-60(66-64)51-17-12-18-52(39-51)67-61-23-10-8-21-55(61)56-22-9-11-24-62(56)67)47-33-29-44(30-34-47)42-25-27-43(28-26-42)45-31-35-48(36-32-45)63-54-20-7-5-16-50(54)40-58-53-19-6-4-13-46(53)37-38-57(58)63/h1-41H. The Kier molecular flexibility index (Phi) is 9.17. The summed E-state index contributed by atoms with van der Waals surface area (Å²) in [6.07, 6.45) is 0. The Hall–Kier alpha value is -8.92. The number of aromatic nitrogens is 3. The lowest BCUT2D eigenvalue weighted by Gasteiger charge is -2.14. The molecular formula is C64H41N3. The predicted molar refractivity (Wildman–Crippen MR) is 282 cm³/mol. The average molecular weight is 852 g/mol. The number of benzene rings is 11. The van der Waals surface area contributed by atoms with E-state index in [0.717, 1.165) is 44.9 Å². The maximum atomic E-state index is 5.18. The lowest BCUT2D eigenvalue weighted by Crippen LogP contribution is -1.97. The van der Waals surface area contributed by atoms with Gasteiger partial charge in [0.1, 0.15) is 0 Å². The summed E-state index contributed by atoms with van der Waals surface area (Å²) in [5, 5.41) is 10.1. The number of para-hydroxylation sites is 2. The van der Waals surface area contributed by atoms with E-state index >= 15 is 0 Å². The van der Waals surface area contributed by atoms with Crippen molar-refractivity contribution in [1.82, 2.24) is 14.5 Å². The molecule has 0 aliphatic carbocycles. The minimum absolute atomic E-state index is 0.696. The summed E-state index contributed by atoms with van der Waals surface area (Å²) in [7, 11) is 0. The van der Waals surface area contributed by atoms with Crippen LogP contribution in [0, 0.1) is 0 Å². The Morgan fingerprint density at radius 1 is 0.254 bits per heavy atom. The van der Waals surface area contributed by atoms with Crippen LogP contribution in [-0.4, -0.2) is 14.5 Å². The first-order valence-corrected chi connectivity index (χ1v) is 22.9. The van der Waals surface area contributed by atoms with Crippen LogP contribution in [0.3, 0.4) is 0 Å². The van der Waals surface area contributed by atoms with Gasteiger partial charge in [0.15, 0.2) is 5.82 Å². The van der Waals surface area contributed by atoms with Crippen LogP contribution in [0.2, 0.25) is 0 Å². The van der Waals surface area contributed by atoms with Crippen LogP contribution in [0.1, 0.15) is 0 Å². The van der Waals surface area contributed by atoms with Gasteiger partial charge in [-0.05, 0) is 102 Å². The third-order valence-electron chi connectivity index (χ3n) is 13.4. The molecule has 2 heterocycles. The van der Waals surface area contributed by atoms with Crippen LogP contribution >= 0.6 is 0 Å². The second kappa shape index (κ2) is 16.0. The monoisotopic (exact) mass is 851 g/mol. The van der Waals surface area contributed by atoms with Crippen molar-refractivity contribution in [3.63, 3.8) is 0 Å². The highest BCUT2D eigenvalue weighted by Crippen LogP contribution is 2.41. The third kappa shape index (κ3) is 6.76. The summed E-state index contributed by atoms with van der Waals surface area (Å²) in [6, 6.07) is 89.4. The molecule has 13 aromatic rings. The van der Waals surface area contributed by atoms with Gasteiger partial charge in [-0.3, -0.25) is 0 Å². The van der Waals surface area contributed by atoms with Gasteiger partial charge in [0.05, 0.1) is 22.4 Å². The molecule has 11 aromatic carbocycles. The first kappa shape index (κ1) is 38.5. The summed E-state index contributed by atoms with van der Waals surface area (Å²) in [4.78, 5) is 10.3. The second-order valence-electron chi connectivity index (χ2n) is 17.3. The van der Waals surface area contributed by atoms with Crippen LogP contribution in [0.15, 0.2) is 249 Å². The number of nitrogens with zero attached hydrogens (tertiary/aromatic N) is 3. The molecule has 0 fully saturated rings. The number of fused-ring (bicyclic) bond motifs is 7. The van der Waals surface area contributed by atoms with Crippen LogP contribution < -0.4 is 0 Å². The fourth-order valence-electron chi connectivity index (χ4n) is 10.1. The smallest absolute Gasteiger partial charge is 0.160 e. The van der Waals surface area contributed by atoms with Gasteiger partial charge in [-0.25, -0.2) is 9.97 Å². The second-order valence-corrected chi connectivity index (χ2v) is 17.3. The highest BCUT2D eigenvalue weighted by molar-refractivity contribution is 6.20. The molecule has 0 aliphatic heterocycles. The summed E-state index contributed by atoms with van der Waals surface area (Å²) in [5.74, 6) is 0.696. The van der Waals surface area contributed by atoms with Crippen LogP contribution in [-0.2, 0) is 0 Å². The summed E-state index contributed by atoms with van der Waals surface area (Å²) < 4.78 is 2.35. The third-order valence-corrected chi connectivity index (χ3v) is 13.4. The molecule has 0 atom stereocenters. The fraction of sp³-hybridized carbons (Fsp3) is 0. The first-order chi connectivity index (χ1) is 33.2. The quantitative estimate of drug-likeness (QED) is 0.118. The van der Waals surface area contributed by atoms with E-state index in [1.54, 1.807) is 0 Å². The molecule has 0 radical (unpaired) electrons. The molecule has 0 amide bonds. The van der Waals surface area contributed by atoms with E-state index in [0.29, 0.717) is 5.82 Å². The zero-order chi connectivity index (χ0) is 44.3. The number of hydrogen-bond acceptors (Lipinski definition) is 2. The molecule has 3 nitrogen and oxygen atoms in total. The van der Waals surface area contributed by atoms with Crippen LogP contribution in [0.4, 0.5) is 0 Å². The van der Waals surface area contributed by atoms with Crippen molar-refractivity contribution in [2.75, 3.05) is 0 Å². The van der Waals surface area contributed by atoms with Crippen molar-refractivity contribution >= 4 is 54.1 Å². The molecule has 0 N–H and O–H groups in total. The van der Waals surface area contributed by atoms with Crippen LogP contribution in [0.5, 0.6) is 0 Å². The Morgan fingerprint density at radius 3 is 1.39 bits per heavy atom. The van der Waals surface area contributed by atoms with Crippen molar-refractivity contribution in [1.29, 1.82) is 0 Å². The van der Waals surface area contributed by atoms with Crippen molar-refractivity contribution in [2.24, 2.45) is 0 Å². The Bertz CT molecular complexity index is 3940. The van der Waals surface area contributed by atoms with E-state index < -0.39 is 0 Å². The predicted octanol–water partition coefficient (Wildman–Crippen LogP) is 17.0. The average Bonchev–Trinajstić information content (AvgIpc) is 3.75. The molecule has 0 saturated heterocycles. The molecule has 3 heteroatoms. The normalized spacial score (nSPS) is 11.6. The highest BCUT2D eigenvalue weighted by Gasteiger charge is 2.16. The van der Waals surface area contributed by atoms with Gasteiger partial charge in [0.2, 0.25) is 0 Å². The zero-order valence-electron chi connectivity index (χ0n) is 36.5. The fourth-order valence-corrected chi connectivity index (χ4v) is 10.1. The van der Waals surface area contributed by atoms with E-state index in [1.165, 1.54) is 76.4 Å². The van der Waals surface area contributed by atoms with Gasteiger partial charge in [0, 0.05) is 33.2 Å². The molecular weight excluding hydrogens is 811 g/mol. The maximum absolute atomic E-state index is 5.18. The minimum atomic E-state index is 0.696. The molecule has 312 valence electrons. The zero-order valence-corrected chi connectivity index (χ0v) is 36.5. The Balaban J connectivity index is 0.811. The topological polar surface area (TPSA) is 30.7 Å². The lowest BCUT2D eigenvalue weighted by molar-refractivity contribution is 1.16. The lowest BCUT2D eigenvalue weighted by atomic mass is 9.89. The summed E-state index contributed by atoms with van der Waals surface area (Å²) in [5.41, 5.74) is 15.4. The molecule has 13 rings (SSSR count). The van der Waals surface area contributed by atoms with Gasteiger partial charge in [-0.15, -0.1) is 0 Å². The van der Waals surface area contributed by atoms with Gasteiger partial charge in [-0.1, -0.05) is 212 Å². The Morgan fingerprint density at radius 2 is 0.746 bits per heavy atom. The molecule has 0 unspecified atom stereocenters. The molecule has 67 heavy (non-hydrogen) atoms. The van der Waals surface area contributed by atoms with Crippen molar-refractivity contribution in [3.8, 4) is 73.0 Å². The van der Waals surface area contributed by atoms with Gasteiger partial charge in [-0.2, -0.15) is 0 Å². The van der Waals surface area contributed by atoms with E-state index in [-0.39, 0.29) is 0 Å². The van der Waals surface area contributed by atoms with E-state index in [2.05, 4.69) is 235 Å². The van der Waals surface area contributed by atoms with E-state index in [1.807, 2.05) is 18.2 Å².